The van der Waals surface area contributed by atoms with Crippen LogP contribution in [0.3, 0.4) is 0 Å². The SMILES string of the molecule is O=C(Cn1nnn(-c2ccccc2Cl)c1=O)Nc1cccc([N+](=O)[O-])c1. The molecule has 26 heavy (non-hydrogen) atoms. The third kappa shape index (κ3) is 3.59. The Hall–Kier alpha value is -3.53. The van der Waals surface area contributed by atoms with Crippen LogP contribution in [0.2, 0.25) is 5.02 Å². The van der Waals surface area contributed by atoms with E-state index in [0.29, 0.717) is 10.7 Å². The summed E-state index contributed by atoms with van der Waals surface area (Å²) >= 11 is 6.02. The smallest absolute Gasteiger partial charge is 0.324 e. The van der Waals surface area contributed by atoms with Crippen molar-refractivity contribution in [2.75, 3.05) is 5.32 Å². The molecule has 0 fully saturated rings. The minimum absolute atomic E-state index is 0.162. The average Bonchev–Trinajstić information content (AvgIpc) is 2.96. The predicted octanol–water partition coefficient (Wildman–Crippen LogP) is 1.63. The lowest BCUT2D eigenvalue weighted by Gasteiger charge is -2.04. The molecule has 0 saturated carbocycles. The molecule has 1 amide bonds. The first-order chi connectivity index (χ1) is 12.5. The highest BCUT2D eigenvalue weighted by atomic mass is 35.5. The number of non-ortho nitro benzene ring substituents is 1. The van der Waals surface area contributed by atoms with Crippen molar-refractivity contribution in [1.82, 2.24) is 19.8 Å². The standard InChI is InChI=1S/C15H11ClN6O4/c16-12-6-1-2-7-13(12)21-15(24)20(18-19-21)9-14(23)17-10-4-3-5-11(8-10)22(25)26/h1-8H,9H2,(H,17,23). The van der Waals surface area contributed by atoms with Crippen molar-refractivity contribution in [2.45, 2.75) is 6.54 Å². The average molecular weight is 375 g/mol. The highest BCUT2D eigenvalue weighted by molar-refractivity contribution is 6.32. The minimum Gasteiger partial charge on any atom is -0.324 e. The number of nitrogens with zero attached hydrogens (tertiary/aromatic N) is 5. The molecule has 0 aliphatic heterocycles. The number of rotatable bonds is 5. The van der Waals surface area contributed by atoms with Gasteiger partial charge in [-0.1, -0.05) is 29.8 Å². The molecule has 0 aliphatic rings. The van der Waals surface area contributed by atoms with Crippen LogP contribution < -0.4 is 11.0 Å². The number of carbonyl (C=O) groups excluding carboxylic acids is 1. The van der Waals surface area contributed by atoms with E-state index in [9.17, 15) is 19.7 Å². The van der Waals surface area contributed by atoms with E-state index in [1.165, 1.54) is 24.3 Å². The highest BCUT2D eigenvalue weighted by Gasteiger charge is 2.15. The molecule has 1 aromatic heterocycles. The Labute approximate surface area is 150 Å². The summed E-state index contributed by atoms with van der Waals surface area (Å²) in [5.41, 5.74) is -0.239. The molecule has 0 radical (unpaired) electrons. The summed E-state index contributed by atoms with van der Waals surface area (Å²) in [4.78, 5) is 34.6. The summed E-state index contributed by atoms with van der Waals surface area (Å²) in [5.74, 6) is -0.584. The number of carbonyl (C=O) groups is 1. The number of amides is 1. The third-order valence-electron chi connectivity index (χ3n) is 3.35. The molecule has 2 aromatic carbocycles. The van der Waals surface area contributed by atoms with E-state index in [0.717, 1.165) is 9.36 Å². The number of hydrogen-bond acceptors (Lipinski definition) is 6. The van der Waals surface area contributed by atoms with Gasteiger partial charge in [-0.3, -0.25) is 14.9 Å². The highest BCUT2D eigenvalue weighted by Crippen LogP contribution is 2.18. The fraction of sp³-hybridized carbons (Fsp3) is 0.0667. The molecule has 0 atom stereocenters. The van der Waals surface area contributed by atoms with Crippen molar-refractivity contribution in [3.63, 3.8) is 0 Å². The van der Waals surface area contributed by atoms with Crippen LogP contribution in [0.25, 0.3) is 5.69 Å². The molecular formula is C15H11ClN6O4. The summed E-state index contributed by atoms with van der Waals surface area (Å²) in [6.07, 6.45) is 0. The molecule has 11 heteroatoms. The molecule has 0 aliphatic carbocycles. The van der Waals surface area contributed by atoms with Crippen LogP contribution in [0.15, 0.2) is 53.3 Å². The summed E-state index contributed by atoms with van der Waals surface area (Å²) in [7, 11) is 0. The molecule has 3 rings (SSSR count). The van der Waals surface area contributed by atoms with Gasteiger partial charge in [-0.2, -0.15) is 9.36 Å². The summed E-state index contributed by atoms with van der Waals surface area (Å²) in [6.45, 7) is -0.411. The summed E-state index contributed by atoms with van der Waals surface area (Å²) in [5, 5.41) is 20.9. The van der Waals surface area contributed by atoms with E-state index in [1.54, 1.807) is 24.3 Å². The van der Waals surface area contributed by atoms with Gasteiger partial charge < -0.3 is 5.32 Å². The molecule has 132 valence electrons. The summed E-state index contributed by atoms with van der Waals surface area (Å²) < 4.78 is 1.83. The lowest BCUT2D eigenvalue weighted by molar-refractivity contribution is -0.384. The molecule has 0 bridgehead atoms. The Kier molecular flexibility index (Phi) is 4.76. The van der Waals surface area contributed by atoms with Gasteiger partial charge in [-0.25, -0.2) is 4.79 Å². The van der Waals surface area contributed by atoms with E-state index < -0.39 is 23.1 Å². The Balaban J connectivity index is 1.77. The van der Waals surface area contributed by atoms with Crippen LogP contribution in [0, 0.1) is 10.1 Å². The number of aromatic nitrogens is 4. The fourth-order valence-electron chi connectivity index (χ4n) is 2.18. The molecule has 0 spiro atoms. The first-order valence-electron chi connectivity index (χ1n) is 7.28. The molecule has 0 unspecified atom stereocenters. The second-order valence-electron chi connectivity index (χ2n) is 5.14. The van der Waals surface area contributed by atoms with Crippen LogP contribution in [0.1, 0.15) is 0 Å². The van der Waals surface area contributed by atoms with Gasteiger partial charge in [0, 0.05) is 17.8 Å². The number of nitro groups is 1. The van der Waals surface area contributed by atoms with E-state index in [4.69, 9.17) is 11.6 Å². The Morgan fingerprint density at radius 1 is 1.19 bits per heavy atom. The predicted molar refractivity (Wildman–Crippen MR) is 92.4 cm³/mol. The lowest BCUT2D eigenvalue weighted by atomic mass is 10.3. The zero-order valence-corrected chi connectivity index (χ0v) is 13.8. The van der Waals surface area contributed by atoms with Crippen LogP contribution in [0.5, 0.6) is 0 Å². The van der Waals surface area contributed by atoms with Crippen LogP contribution >= 0.6 is 11.6 Å². The fourth-order valence-corrected chi connectivity index (χ4v) is 2.40. The van der Waals surface area contributed by atoms with Gasteiger partial charge in [0.15, 0.2) is 0 Å². The molecule has 3 aromatic rings. The van der Waals surface area contributed by atoms with Crippen molar-refractivity contribution in [3.05, 3.63) is 74.2 Å². The van der Waals surface area contributed by atoms with Crippen molar-refractivity contribution in [1.29, 1.82) is 0 Å². The number of halogens is 1. The second-order valence-corrected chi connectivity index (χ2v) is 5.55. The van der Waals surface area contributed by atoms with Gasteiger partial charge in [0.1, 0.15) is 6.54 Å². The van der Waals surface area contributed by atoms with Gasteiger partial charge in [0.25, 0.3) is 5.69 Å². The monoisotopic (exact) mass is 374 g/mol. The van der Waals surface area contributed by atoms with Crippen LogP contribution in [0.4, 0.5) is 11.4 Å². The van der Waals surface area contributed by atoms with Crippen molar-refractivity contribution < 1.29 is 9.72 Å². The van der Waals surface area contributed by atoms with Crippen molar-refractivity contribution in [2.24, 2.45) is 0 Å². The number of benzene rings is 2. The number of nitro benzene ring substituents is 1. The normalized spacial score (nSPS) is 10.5. The quantitative estimate of drug-likeness (QED) is 0.534. The first kappa shape index (κ1) is 17.3. The second kappa shape index (κ2) is 7.15. The number of anilines is 1. The Morgan fingerprint density at radius 3 is 2.69 bits per heavy atom. The first-order valence-corrected chi connectivity index (χ1v) is 7.65. The molecule has 10 nitrogen and oxygen atoms in total. The molecule has 1 N–H and O–H groups in total. The van der Waals surface area contributed by atoms with E-state index in [1.807, 2.05) is 0 Å². The number of tetrazole rings is 1. The van der Waals surface area contributed by atoms with Gasteiger partial charge in [-0.15, -0.1) is 0 Å². The van der Waals surface area contributed by atoms with Crippen LogP contribution in [-0.4, -0.2) is 30.6 Å². The van der Waals surface area contributed by atoms with Gasteiger partial charge in [0.2, 0.25) is 5.91 Å². The van der Waals surface area contributed by atoms with E-state index >= 15 is 0 Å². The zero-order chi connectivity index (χ0) is 18.7. The number of nitrogens with one attached hydrogen (secondary N) is 1. The van der Waals surface area contributed by atoms with Gasteiger partial charge >= 0.3 is 5.69 Å². The van der Waals surface area contributed by atoms with Crippen molar-refractivity contribution >= 4 is 28.9 Å². The zero-order valence-electron chi connectivity index (χ0n) is 13.1. The maximum Gasteiger partial charge on any atom is 0.369 e. The molecule has 1 heterocycles. The Morgan fingerprint density at radius 2 is 1.96 bits per heavy atom. The van der Waals surface area contributed by atoms with Gasteiger partial charge in [-0.05, 0) is 28.6 Å². The number of para-hydroxylation sites is 1. The van der Waals surface area contributed by atoms with Gasteiger partial charge in [0.05, 0.1) is 15.6 Å². The largest absolute Gasteiger partial charge is 0.369 e. The lowest BCUT2D eigenvalue weighted by Crippen LogP contribution is -2.29. The van der Waals surface area contributed by atoms with Crippen LogP contribution in [-0.2, 0) is 11.3 Å². The maximum atomic E-state index is 12.3. The van der Waals surface area contributed by atoms with E-state index in [2.05, 4.69) is 15.7 Å². The molecule has 0 saturated heterocycles. The Bertz CT molecular complexity index is 1040. The molecular weight excluding hydrogens is 364 g/mol. The summed E-state index contributed by atoms with van der Waals surface area (Å²) in [6, 6.07) is 12.0. The third-order valence-corrected chi connectivity index (χ3v) is 3.67. The minimum atomic E-state index is -0.646. The van der Waals surface area contributed by atoms with E-state index in [-0.39, 0.29) is 11.4 Å². The van der Waals surface area contributed by atoms with Crippen molar-refractivity contribution in [3.8, 4) is 5.69 Å². The topological polar surface area (TPSA) is 125 Å². The maximum absolute atomic E-state index is 12.3. The number of hydrogen-bond donors (Lipinski definition) is 1.